The Morgan fingerprint density at radius 2 is 2.33 bits per heavy atom. The monoisotopic (exact) mass is 104 g/mol. The molecule has 1 aliphatic heterocycles. The minimum Gasteiger partial charge on any atom is -0.380 e. The number of methoxy groups -OCH3 is 1. The Kier molecular flexibility index (Phi) is 1.37. The third-order valence-electron chi connectivity index (χ3n) is 0.941. The van der Waals surface area contributed by atoms with Crippen LogP contribution in [-0.4, -0.2) is 24.7 Å². The summed E-state index contributed by atoms with van der Waals surface area (Å²) >= 11 is 1.94. The van der Waals surface area contributed by atoms with Crippen molar-refractivity contribution >= 4 is 11.8 Å². The highest BCUT2D eigenvalue weighted by molar-refractivity contribution is 8.00. The van der Waals surface area contributed by atoms with E-state index in [9.17, 15) is 0 Å². The van der Waals surface area contributed by atoms with Crippen molar-refractivity contribution in [2.45, 2.75) is 6.10 Å². The molecule has 1 heterocycles. The van der Waals surface area contributed by atoms with Crippen LogP contribution in [0.25, 0.3) is 0 Å². The second-order valence-corrected chi connectivity index (χ2v) is 2.47. The van der Waals surface area contributed by atoms with E-state index in [0.29, 0.717) is 6.10 Å². The van der Waals surface area contributed by atoms with E-state index in [4.69, 9.17) is 4.74 Å². The van der Waals surface area contributed by atoms with Crippen LogP contribution >= 0.6 is 11.8 Å². The van der Waals surface area contributed by atoms with Crippen LogP contribution in [0.5, 0.6) is 0 Å². The van der Waals surface area contributed by atoms with Crippen LogP contribution in [0.15, 0.2) is 0 Å². The van der Waals surface area contributed by atoms with Crippen LogP contribution in [0.1, 0.15) is 0 Å². The second kappa shape index (κ2) is 1.85. The van der Waals surface area contributed by atoms with Gasteiger partial charge in [0.05, 0.1) is 6.10 Å². The summed E-state index contributed by atoms with van der Waals surface area (Å²) in [5.74, 6) is 2.41. The standard InChI is InChI=1S/C4H8OS/c1-5-4-2-6-3-4/h4H,2-3H2,1H3. The predicted molar refractivity (Wildman–Crippen MR) is 28.1 cm³/mol. The molecule has 0 saturated carbocycles. The molecule has 0 aliphatic carbocycles. The largest absolute Gasteiger partial charge is 0.380 e. The lowest BCUT2D eigenvalue weighted by atomic mass is 10.4. The molecule has 1 saturated heterocycles. The first kappa shape index (κ1) is 4.47. The fourth-order valence-corrected chi connectivity index (χ4v) is 1.05. The maximum Gasteiger partial charge on any atom is 0.0751 e. The van der Waals surface area contributed by atoms with Crippen LogP contribution in [-0.2, 0) is 4.74 Å². The maximum atomic E-state index is 4.97. The van der Waals surface area contributed by atoms with Crippen LogP contribution in [0, 0.1) is 0 Å². The van der Waals surface area contributed by atoms with E-state index >= 15 is 0 Å². The molecule has 1 fully saturated rings. The molecule has 0 aromatic heterocycles. The molecule has 0 unspecified atom stereocenters. The first-order valence-electron chi connectivity index (χ1n) is 2.04. The zero-order valence-corrected chi connectivity index (χ0v) is 4.62. The lowest BCUT2D eigenvalue weighted by Crippen LogP contribution is -2.26. The normalized spacial score (nSPS) is 23.5. The van der Waals surface area contributed by atoms with Crippen LogP contribution in [0.2, 0.25) is 0 Å². The quantitative estimate of drug-likeness (QED) is 0.485. The molecule has 2 heteroatoms. The van der Waals surface area contributed by atoms with E-state index < -0.39 is 0 Å². The van der Waals surface area contributed by atoms with E-state index in [1.54, 1.807) is 7.11 Å². The van der Waals surface area contributed by atoms with Gasteiger partial charge in [0.25, 0.3) is 0 Å². The van der Waals surface area contributed by atoms with Crippen molar-refractivity contribution in [1.29, 1.82) is 0 Å². The Balaban J connectivity index is 2.01. The average Bonchev–Trinajstić information content (AvgIpc) is 1.31. The van der Waals surface area contributed by atoms with Crippen molar-refractivity contribution < 1.29 is 4.74 Å². The molecule has 0 aromatic carbocycles. The Morgan fingerprint density at radius 3 is 2.33 bits per heavy atom. The minimum absolute atomic E-state index is 0.579. The summed E-state index contributed by atoms with van der Waals surface area (Å²) in [5.41, 5.74) is 0. The van der Waals surface area contributed by atoms with Crippen molar-refractivity contribution in [2.24, 2.45) is 0 Å². The molecular formula is C4H8OS. The highest BCUT2D eigenvalue weighted by atomic mass is 32.2. The van der Waals surface area contributed by atoms with Gasteiger partial charge < -0.3 is 4.74 Å². The maximum absolute atomic E-state index is 4.97. The average molecular weight is 104 g/mol. The summed E-state index contributed by atoms with van der Waals surface area (Å²) in [4.78, 5) is 0. The summed E-state index contributed by atoms with van der Waals surface area (Å²) in [6, 6.07) is 0. The van der Waals surface area contributed by atoms with Gasteiger partial charge in [0.15, 0.2) is 0 Å². The van der Waals surface area contributed by atoms with Crippen LogP contribution in [0.4, 0.5) is 0 Å². The van der Waals surface area contributed by atoms with E-state index in [-0.39, 0.29) is 0 Å². The Bertz CT molecular complexity index is 40.1. The molecule has 1 nitrogen and oxygen atoms in total. The van der Waals surface area contributed by atoms with Gasteiger partial charge in [-0.25, -0.2) is 0 Å². The van der Waals surface area contributed by atoms with Crippen LogP contribution < -0.4 is 0 Å². The number of thioether (sulfide) groups is 1. The lowest BCUT2D eigenvalue weighted by molar-refractivity contribution is 0.133. The van der Waals surface area contributed by atoms with E-state index in [1.165, 1.54) is 11.5 Å². The fourth-order valence-electron chi connectivity index (χ4n) is 0.350. The predicted octanol–water partition coefficient (Wildman–Crippen LogP) is 0.748. The van der Waals surface area contributed by atoms with Gasteiger partial charge in [-0.1, -0.05) is 0 Å². The van der Waals surface area contributed by atoms with Crippen molar-refractivity contribution in [3.63, 3.8) is 0 Å². The molecule has 6 heavy (non-hydrogen) atoms. The molecule has 36 valence electrons. The molecule has 0 N–H and O–H groups in total. The van der Waals surface area contributed by atoms with Gasteiger partial charge in [-0.15, -0.1) is 0 Å². The summed E-state index contributed by atoms with van der Waals surface area (Å²) < 4.78 is 4.97. The fraction of sp³-hybridized carbons (Fsp3) is 1.00. The summed E-state index contributed by atoms with van der Waals surface area (Å²) in [6.45, 7) is 0. The summed E-state index contributed by atoms with van der Waals surface area (Å²) in [5, 5.41) is 0. The number of hydrogen-bond acceptors (Lipinski definition) is 2. The van der Waals surface area contributed by atoms with Crippen molar-refractivity contribution in [2.75, 3.05) is 18.6 Å². The number of rotatable bonds is 1. The zero-order valence-electron chi connectivity index (χ0n) is 3.81. The zero-order chi connectivity index (χ0) is 4.41. The highest BCUT2D eigenvalue weighted by Gasteiger charge is 2.15. The molecule has 0 amide bonds. The number of hydrogen-bond donors (Lipinski definition) is 0. The van der Waals surface area contributed by atoms with Crippen LogP contribution in [0.3, 0.4) is 0 Å². The summed E-state index contributed by atoms with van der Waals surface area (Å²) in [6.07, 6.45) is 0.579. The first-order valence-corrected chi connectivity index (χ1v) is 3.19. The third kappa shape index (κ3) is 0.684. The Hall–Kier alpha value is 0.310. The second-order valence-electron chi connectivity index (χ2n) is 1.40. The molecule has 1 rings (SSSR count). The minimum atomic E-state index is 0.579. The molecular weight excluding hydrogens is 96.1 g/mol. The van der Waals surface area contributed by atoms with Gasteiger partial charge >= 0.3 is 0 Å². The van der Waals surface area contributed by atoms with Gasteiger partial charge in [0, 0.05) is 18.6 Å². The third-order valence-corrected chi connectivity index (χ3v) is 2.16. The number of ether oxygens (including phenoxy) is 1. The van der Waals surface area contributed by atoms with Gasteiger partial charge in [-0.2, -0.15) is 11.8 Å². The molecule has 0 atom stereocenters. The topological polar surface area (TPSA) is 9.23 Å². The smallest absolute Gasteiger partial charge is 0.0751 e. The SMILES string of the molecule is COC1CSC1. The first-order chi connectivity index (χ1) is 2.93. The van der Waals surface area contributed by atoms with E-state index in [0.717, 1.165) is 0 Å². The van der Waals surface area contributed by atoms with E-state index in [1.807, 2.05) is 11.8 Å². The molecule has 0 radical (unpaired) electrons. The van der Waals surface area contributed by atoms with Gasteiger partial charge in [0.2, 0.25) is 0 Å². The lowest BCUT2D eigenvalue weighted by Gasteiger charge is -2.22. The Morgan fingerprint density at radius 1 is 1.67 bits per heavy atom. The van der Waals surface area contributed by atoms with Gasteiger partial charge in [0.1, 0.15) is 0 Å². The Labute approximate surface area is 42.1 Å². The molecule has 1 aliphatic rings. The molecule has 0 spiro atoms. The van der Waals surface area contributed by atoms with E-state index in [2.05, 4.69) is 0 Å². The molecule has 0 bridgehead atoms. The van der Waals surface area contributed by atoms with Gasteiger partial charge in [-0.3, -0.25) is 0 Å². The van der Waals surface area contributed by atoms with Crippen molar-refractivity contribution in [3.05, 3.63) is 0 Å². The van der Waals surface area contributed by atoms with Crippen molar-refractivity contribution in [1.82, 2.24) is 0 Å². The van der Waals surface area contributed by atoms with Crippen molar-refractivity contribution in [3.8, 4) is 0 Å². The highest BCUT2D eigenvalue weighted by Crippen LogP contribution is 2.19. The molecule has 0 aromatic rings. The van der Waals surface area contributed by atoms with Gasteiger partial charge in [-0.05, 0) is 0 Å². The summed E-state index contributed by atoms with van der Waals surface area (Å²) in [7, 11) is 1.77.